The zero-order valence-corrected chi connectivity index (χ0v) is 10.4. The molecule has 1 aromatic rings. The van der Waals surface area contributed by atoms with Crippen LogP contribution in [0.4, 0.5) is 0 Å². The van der Waals surface area contributed by atoms with Gasteiger partial charge in [0.05, 0.1) is 5.69 Å². The van der Waals surface area contributed by atoms with Crippen molar-refractivity contribution < 1.29 is 0 Å². The summed E-state index contributed by atoms with van der Waals surface area (Å²) in [5, 5.41) is 3.46. The van der Waals surface area contributed by atoms with E-state index in [1.165, 1.54) is 31.2 Å². The van der Waals surface area contributed by atoms with Gasteiger partial charge >= 0.3 is 0 Å². The van der Waals surface area contributed by atoms with Crippen molar-refractivity contribution in [2.75, 3.05) is 0 Å². The van der Waals surface area contributed by atoms with Gasteiger partial charge in [0.2, 0.25) is 0 Å². The number of pyridine rings is 1. The SMILES string of the molecule is CC[C@@H](C)NCc1ccc(C2CCC2)cn1. The van der Waals surface area contributed by atoms with E-state index in [2.05, 4.69) is 42.5 Å². The molecule has 0 spiro atoms. The van der Waals surface area contributed by atoms with Gasteiger partial charge in [-0.3, -0.25) is 4.98 Å². The van der Waals surface area contributed by atoms with Gasteiger partial charge in [0, 0.05) is 18.8 Å². The van der Waals surface area contributed by atoms with E-state index < -0.39 is 0 Å². The van der Waals surface area contributed by atoms with Crippen LogP contribution in [0.3, 0.4) is 0 Å². The Balaban J connectivity index is 1.86. The first kappa shape index (κ1) is 11.6. The highest BCUT2D eigenvalue weighted by molar-refractivity contribution is 5.20. The molecule has 0 saturated heterocycles. The molecular formula is C14H22N2. The molecule has 16 heavy (non-hydrogen) atoms. The van der Waals surface area contributed by atoms with Crippen LogP contribution in [0, 0.1) is 0 Å². The van der Waals surface area contributed by atoms with E-state index >= 15 is 0 Å². The Hall–Kier alpha value is -0.890. The van der Waals surface area contributed by atoms with Crippen LogP contribution in [-0.4, -0.2) is 11.0 Å². The number of nitrogens with one attached hydrogen (secondary N) is 1. The first-order valence-electron chi connectivity index (χ1n) is 6.47. The van der Waals surface area contributed by atoms with Crippen molar-refractivity contribution >= 4 is 0 Å². The minimum absolute atomic E-state index is 0.577. The molecule has 1 heterocycles. The first-order valence-corrected chi connectivity index (χ1v) is 6.47. The van der Waals surface area contributed by atoms with Crippen molar-refractivity contribution in [1.29, 1.82) is 0 Å². The second-order valence-corrected chi connectivity index (χ2v) is 4.90. The van der Waals surface area contributed by atoms with Crippen LogP contribution in [0.5, 0.6) is 0 Å². The van der Waals surface area contributed by atoms with E-state index in [-0.39, 0.29) is 0 Å². The van der Waals surface area contributed by atoms with Crippen molar-refractivity contribution in [3.8, 4) is 0 Å². The topological polar surface area (TPSA) is 24.9 Å². The monoisotopic (exact) mass is 218 g/mol. The molecular weight excluding hydrogens is 196 g/mol. The molecule has 2 heteroatoms. The standard InChI is InChI=1S/C14H22N2/c1-3-11(2)15-10-14-8-7-13(9-16-14)12-5-4-6-12/h7-9,11-12,15H,3-6,10H2,1-2H3/t11-/m1/s1. The summed E-state index contributed by atoms with van der Waals surface area (Å²) in [5.74, 6) is 0.795. The average molecular weight is 218 g/mol. The van der Waals surface area contributed by atoms with Gasteiger partial charge in [-0.25, -0.2) is 0 Å². The normalized spacial score (nSPS) is 18.1. The fourth-order valence-electron chi connectivity index (χ4n) is 1.95. The summed E-state index contributed by atoms with van der Waals surface area (Å²) >= 11 is 0. The predicted molar refractivity (Wildman–Crippen MR) is 67.4 cm³/mol. The van der Waals surface area contributed by atoms with E-state index in [1.807, 2.05) is 0 Å². The number of hydrogen-bond donors (Lipinski definition) is 1. The van der Waals surface area contributed by atoms with Crippen molar-refractivity contribution in [3.05, 3.63) is 29.6 Å². The minimum atomic E-state index is 0.577. The maximum atomic E-state index is 4.53. The third kappa shape index (κ3) is 2.82. The lowest BCUT2D eigenvalue weighted by molar-refractivity contribution is 0.418. The minimum Gasteiger partial charge on any atom is -0.309 e. The van der Waals surface area contributed by atoms with Crippen LogP contribution in [0.25, 0.3) is 0 Å². The quantitative estimate of drug-likeness (QED) is 0.820. The molecule has 0 radical (unpaired) electrons. The van der Waals surface area contributed by atoms with Gasteiger partial charge in [0.25, 0.3) is 0 Å². The maximum Gasteiger partial charge on any atom is 0.0541 e. The van der Waals surface area contributed by atoms with Crippen molar-refractivity contribution in [2.45, 2.75) is 58.0 Å². The van der Waals surface area contributed by atoms with Crippen LogP contribution in [0.1, 0.15) is 56.7 Å². The zero-order valence-electron chi connectivity index (χ0n) is 10.4. The highest BCUT2D eigenvalue weighted by atomic mass is 14.9. The van der Waals surface area contributed by atoms with Crippen LogP contribution in [0.15, 0.2) is 18.3 Å². The summed E-state index contributed by atoms with van der Waals surface area (Å²) in [7, 11) is 0. The van der Waals surface area contributed by atoms with E-state index in [1.54, 1.807) is 0 Å². The molecule has 1 atom stereocenters. The van der Waals surface area contributed by atoms with Crippen molar-refractivity contribution in [1.82, 2.24) is 10.3 Å². The number of rotatable bonds is 5. The van der Waals surface area contributed by atoms with Gasteiger partial charge in [-0.05, 0) is 43.7 Å². The van der Waals surface area contributed by atoms with E-state index in [0.717, 1.165) is 18.2 Å². The summed E-state index contributed by atoms with van der Waals surface area (Å²) < 4.78 is 0. The molecule has 1 aliphatic rings. The molecule has 0 unspecified atom stereocenters. The van der Waals surface area contributed by atoms with Crippen LogP contribution >= 0.6 is 0 Å². The van der Waals surface area contributed by atoms with Gasteiger partial charge < -0.3 is 5.32 Å². The third-order valence-corrected chi connectivity index (χ3v) is 3.67. The highest BCUT2D eigenvalue weighted by Gasteiger charge is 2.19. The van der Waals surface area contributed by atoms with E-state index in [9.17, 15) is 0 Å². The summed E-state index contributed by atoms with van der Waals surface area (Å²) in [5.41, 5.74) is 2.59. The maximum absolute atomic E-state index is 4.53. The van der Waals surface area contributed by atoms with Crippen LogP contribution in [-0.2, 0) is 6.54 Å². The fourth-order valence-corrected chi connectivity index (χ4v) is 1.95. The van der Waals surface area contributed by atoms with E-state index in [0.29, 0.717) is 6.04 Å². The van der Waals surface area contributed by atoms with E-state index in [4.69, 9.17) is 0 Å². The van der Waals surface area contributed by atoms with Gasteiger partial charge in [-0.1, -0.05) is 19.4 Å². The average Bonchev–Trinajstić information content (AvgIpc) is 2.25. The first-order chi connectivity index (χ1) is 7.79. The smallest absolute Gasteiger partial charge is 0.0541 e. The predicted octanol–water partition coefficient (Wildman–Crippen LogP) is 3.24. The molecule has 0 aromatic carbocycles. The van der Waals surface area contributed by atoms with Crippen molar-refractivity contribution in [3.63, 3.8) is 0 Å². The Morgan fingerprint density at radius 1 is 1.44 bits per heavy atom. The Labute approximate surface area is 98.5 Å². The molecule has 1 aromatic heterocycles. The lowest BCUT2D eigenvalue weighted by Crippen LogP contribution is -2.24. The van der Waals surface area contributed by atoms with Gasteiger partial charge in [0.1, 0.15) is 0 Å². The molecule has 0 bridgehead atoms. The third-order valence-electron chi connectivity index (χ3n) is 3.67. The Morgan fingerprint density at radius 3 is 2.75 bits per heavy atom. The Kier molecular flexibility index (Phi) is 3.94. The number of hydrogen-bond acceptors (Lipinski definition) is 2. The molecule has 1 aliphatic carbocycles. The lowest BCUT2D eigenvalue weighted by Gasteiger charge is -2.25. The zero-order chi connectivity index (χ0) is 11.4. The molecule has 2 rings (SSSR count). The molecule has 1 fully saturated rings. The lowest BCUT2D eigenvalue weighted by atomic mass is 9.81. The second-order valence-electron chi connectivity index (χ2n) is 4.90. The summed E-state index contributed by atoms with van der Waals surface area (Å²) in [6.45, 7) is 5.30. The molecule has 2 nitrogen and oxygen atoms in total. The van der Waals surface area contributed by atoms with Crippen LogP contribution in [0.2, 0.25) is 0 Å². The largest absolute Gasteiger partial charge is 0.309 e. The summed E-state index contributed by atoms with van der Waals surface area (Å²) in [6, 6.07) is 5.00. The molecule has 0 aliphatic heterocycles. The molecule has 88 valence electrons. The summed E-state index contributed by atoms with van der Waals surface area (Å²) in [6.07, 6.45) is 7.33. The number of aromatic nitrogens is 1. The fraction of sp³-hybridized carbons (Fsp3) is 0.643. The Morgan fingerprint density at radius 2 is 2.25 bits per heavy atom. The molecule has 1 saturated carbocycles. The van der Waals surface area contributed by atoms with Gasteiger partial charge in [-0.15, -0.1) is 0 Å². The number of nitrogens with zero attached hydrogens (tertiary/aromatic N) is 1. The van der Waals surface area contributed by atoms with Gasteiger partial charge in [-0.2, -0.15) is 0 Å². The molecule has 1 N–H and O–H groups in total. The Bertz CT molecular complexity index is 314. The van der Waals surface area contributed by atoms with Crippen molar-refractivity contribution in [2.24, 2.45) is 0 Å². The molecule has 0 amide bonds. The highest BCUT2D eigenvalue weighted by Crippen LogP contribution is 2.35. The second kappa shape index (κ2) is 5.44. The summed E-state index contributed by atoms with van der Waals surface area (Å²) in [4.78, 5) is 4.53. The van der Waals surface area contributed by atoms with Gasteiger partial charge in [0.15, 0.2) is 0 Å². The van der Waals surface area contributed by atoms with Crippen LogP contribution < -0.4 is 5.32 Å².